The number of fused-ring (bicyclic) bond motifs is 1. The lowest BCUT2D eigenvalue weighted by Gasteiger charge is -2.40. The van der Waals surface area contributed by atoms with Crippen molar-refractivity contribution in [2.45, 2.75) is 44.0 Å². The molecule has 4 atom stereocenters. The predicted octanol–water partition coefficient (Wildman–Crippen LogP) is 4.71. The van der Waals surface area contributed by atoms with Gasteiger partial charge >= 0.3 is 6.18 Å². The van der Waals surface area contributed by atoms with Crippen LogP contribution in [0.2, 0.25) is 0 Å². The summed E-state index contributed by atoms with van der Waals surface area (Å²) in [7, 11) is -3.66. The van der Waals surface area contributed by atoms with E-state index in [2.05, 4.69) is 9.50 Å². The normalized spacial score (nSPS) is 22.5. The van der Waals surface area contributed by atoms with E-state index >= 15 is 0 Å². The molecule has 2 aromatic carbocycles. The van der Waals surface area contributed by atoms with Crippen LogP contribution >= 0.6 is 0 Å². The molecule has 9 heteroatoms. The summed E-state index contributed by atoms with van der Waals surface area (Å²) in [6, 6.07) is 13.2. The molecule has 0 spiro atoms. The monoisotopic (exact) mass is 457 g/mol. The van der Waals surface area contributed by atoms with Gasteiger partial charge in [0, 0.05) is 5.69 Å². The zero-order chi connectivity index (χ0) is 22.8. The van der Waals surface area contributed by atoms with Gasteiger partial charge in [-0.25, -0.2) is 0 Å². The molecule has 170 valence electrons. The minimum absolute atomic E-state index is 0.119. The molecule has 1 aliphatic rings. The molecule has 1 heterocycles. The van der Waals surface area contributed by atoms with Crippen LogP contribution in [-0.2, 0) is 20.5 Å². The Balaban J connectivity index is 1.86. The first-order valence-corrected chi connectivity index (χ1v) is 11.8. The van der Waals surface area contributed by atoms with Crippen LogP contribution in [0.15, 0.2) is 48.5 Å². The molecule has 0 aromatic heterocycles. The van der Waals surface area contributed by atoms with E-state index in [9.17, 15) is 26.7 Å². The van der Waals surface area contributed by atoms with Crippen molar-refractivity contribution in [3.05, 3.63) is 65.2 Å². The van der Waals surface area contributed by atoms with E-state index in [-0.39, 0.29) is 30.9 Å². The Kier molecular flexibility index (Phi) is 6.98. The van der Waals surface area contributed by atoms with Crippen LogP contribution in [0.1, 0.15) is 48.4 Å². The maximum Gasteiger partial charge on any atom is 0.416 e. The smallest absolute Gasteiger partial charge is 0.391 e. The fraction of sp³-hybridized carbons (Fsp3) is 0.455. The molecule has 2 N–H and O–H groups in total. The Bertz CT molecular complexity index is 996. The van der Waals surface area contributed by atoms with E-state index in [0.717, 1.165) is 17.9 Å². The van der Waals surface area contributed by atoms with Crippen molar-refractivity contribution in [1.82, 2.24) is 0 Å². The molecule has 3 rings (SSSR count). The van der Waals surface area contributed by atoms with Gasteiger partial charge in [0.15, 0.2) is 0 Å². The van der Waals surface area contributed by atoms with Crippen molar-refractivity contribution < 1.29 is 30.9 Å². The van der Waals surface area contributed by atoms with Gasteiger partial charge in [0.2, 0.25) is 0 Å². The summed E-state index contributed by atoms with van der Waals surface area (Å²) in [6.45, 7) is 1.54. The summed E-state index contributed by atoms with van der Waals surface area (Å²) in [5.74, 6) is -0.335. The minimum atomic E-state index is -4.43. The van der Waals surface area contributed by atoms with Crippen molar-refractivity contribution in [2.24, 2.45) is 5.92 Å². The molecule has 0 amide bonds. The summed E-state index contributed by atoms with van der Waals surface area (Å²) in [5, 5.41) is 13.5. The highest BCUT2D eigenvalue weighted by Gasteiger charge is 2.37. The third-order valence-corrected chi connectivity index (χ3v) is 6.28. The molecule has 0 radical (unpaired) electrons. The molecule has 0 saturated carbocycles. The van der Waals surface area contributed by atoms with Crippen molar-refractivity contribution in [3.63, 3.8) is 0 Å². The Labute approximate surface area is 180 Å². The second-order valence-electron chi connectivity index (χ2n) is 8.00. The average molecular weight is 458 g/mol. The molecule has 1 aliphatic heterocycles. The number of anilines is 1. The Morgan fingerprint density at radius 3 is 2.45 bits per heavy atom. The second kappa shape index (κ2) is 9.18. The number of hydrogen-bond donors (Lipinski definition) is 2. The lowest BCUT2D eigenvalue weighted by Crippen LogP contribution is -2.32. The lowest BCUT2D eigenvalue weighted by molar-refractivity contribution is -0.137. The van der Waals surface area contributed by atoms with E-state index in [1.807, 2.05) is 37.3 Å². The zero-order valence-electron chi connectivity index (χ0n) is 17.3. The number of nitrogens with one attached hydrogen (secondary N) is 1. The van der Waals surface area contributed by atoms with Gasteiger partial charge in [-0.3, -0.25) is 4.18 Å². The van der Waals surface area contributed by atoms with E-state index in [4.69, 9.17) is 0 Å². The molecule has 0 unspecified atom stereocenters. The van der Waals surface area contributed by atoms with Gasteiger partial charge in [0.1, 0.15) is 0 Å². The maximum atomic E-state index is 13.2. The molecule has 0 saturated heterocycles. The van der Waals surface area contributed by atoms with Gasteiger partial charge in [-0.2, -0.15) is 21.6 Å². The topological polar surface area (TPSA) is 75.6 Å². The largest absolute Gasteiger partial charge is 0.416 e. The minimum Gasteiger partial charge on any atom is -0.391 e. The Morgan fingerprint density at radius 2 is 1.84 bits per heavy atom. The van der Waals surface area contributed by atoms with Crippen molar-refractivity contribution in [1.29, 1.82) is 0 Å². The second-order valence-corrected chi connectivity index (χ2v) is 9.65. The number of aliphatic hydroxyl groups is 1. The van der Waals surface area contributed by atoms with Crippen LogP contribution in [0.4, 0.5) is 18.9 Å². The van der Waals surface area contributed by atoms with Gasteiger partial charge in [0.05, 0.1) is 30.6 Å². The molecular weight excluding hydrogens is 431 g/mol. The predicted molar refractivity (Wildman–Crippen MR) is 112 cm³/mol. The third kappa shape index (κ3) is 5.99. The van der Waals surface area contributed by atoms with E-state index in [1.54, 1.807) is 0 Å². The van der Waals surface area contributed by atoms with Crippen molar-refractivity contribution >= 4 is 15.8 Å². The number of benzene rings is 2. The molecule has 31 heavy (non-hydrogen) atoms. The van der Waals surface area contributed by atoms with Crippen LogP contribution in [0.3, 0.4) is 0 Å². The highest BCUT2D eigenvalue weighted by molar-refractivity contribution is 7.85. The standard InChI is InChI=1S/C22H26F3NO4S/c1-14-18(10-9-17(27)13-30-31(2,28)29)21(15-6-4-3-5-7-15)26-20-11-8-16(12-19(14)20)22(23,24)25/h3-8,11-12,14,17-18,21,26-27H,9-10,13H2,1-2H3/t14-,17+,18+,21-/m0/s1. The van der Waals surface area contributed by atoms with Crippen molar-refractivity contribution in [3.8, 4) is 0 Å². The van der Waals surface area contributed by atoms with Gasteiger partial charge in [-0.1, -0.05) is 37.3 Å². The van der Waals surface area contributed by atoms with Crippen LogP contribution in [-0.4, -0.2) is 32.5 Å². The van der Waals surface area contributed by atoms with Gasteiger partial charge in [0.25, 0.3) is 10.1 Å². The average Bonchev–Trinajstić information content (AvgIpc) is 2.70. The molecular formula is C22H26F3NO4S. The van der Waals surface area contributed by atoms with E-state index in [1.165, 1.54) is 12.1 Å². The quantitative estimate of drug-likeness (QED) is 0.589. The highest BCUT2D eigenvalue weighted by atomic mass is 32.2. The first-order chi connectivity index (χ1) is 14.5. The fourth-order valence-electron chi connectivity index (χ4n) is 4.12. The molecule has 5 nitrogen and oxygen atoms in total. The van der Waals surface area contributed by atoms with Gasteiger partial charge < -0.3 is 10.4 Å². The van der Waals surface area contributed by atoms with Crippen LogP contribution in [0, 0.1) is 5.92 Å². The Morgan fingerprint density at radius 1 is 1.16 bits per heavy atom. The SMILES string of the molecule is C[C@@H]1c2cc(C(F)(F)F)ccc2N[C@@H](c2ccccc2)[C@@H]1CC[C@@H](O)COS(C)(=O)=O. The summed E-state index contributed by atoms with van der Waals surface area (Å²) in [5.41, 5.74) is 1.53. The number of halogens is 3. The van der Waals surface area contributed by atoms with E-state index in [0.29, 0.717) is 17.7 Å². The number of aliphatic hydroxyl groups excluding tert-OH is 1. The number of rotatable bonds is 7. The third-order valence-electron chi connectivity index (χ3n) is 5.72. The van der Waals surface area contributed by atoms with E-state index < -0.39 is 28.0 Å². The highest BCUT2D eigenvalue weighted by Crippen LogP contribution is 2.47. The summed E-state index contributed by atoms with van der Waals surface area (Å²) in [6.07, 6.45) is -3.80. The Hall–Kier alpha value is -2.10. The molecule has 0 bridgehead atoms. The fourth-order valence-corrected chi connectivity index (χ4v) is 4.52. The van der Waals surface area contributed by atoms with Gasteiger partial charge in [-0.15, -0.1) is 0 Å². The summed E-state index contributed by atoms with van der Waals surface area (Å²) < 4.78 is 66.7. The molecule has 0 fully saturated rings. The van der Waals surface area contributed by atoms with Crippen LogP contribution < -0.4 is 5.32 Å². The van der Waals surface area contributed by atoms with Gasteiger partial charge in [-0.05, 0) is 54.0 Å². The lowest BCUT2D eigenvalue weighted by atomic mass is 9.73. The summed E-state index contributed by atoms with van der Waals surface area (Å²) >= 11 is 0. The summed E-state index contributed by atoms with van der Waals surface area (Å²) in [4.78, 5) is 0. The van der Waals surface area contributed by atoms with Crippen LogP contribution in [0.25, 0.3) is 0 Å². The maximum absolute atomic E-state index is 13.2. The van der Waals surface area contributed by atoms with Crippen molar-refractivity contribution in [2.75, 3.05) is 18.2 Å². The van der Waals surface area contributed by atoms with Crippen LogP contribution in [0.5, 0.6) is 0 Å². The number of hydrogen-bond acceptors (Lipinski definition) is 5. The molecule has 0 aliphatic carbocycles. The first-order valence-electron chi connectivity index (χ1n) is 10.0. The zero-order valence-corrected chi connectivity index (χ0v) is 18.1. The molecule has 2 aromatic rings. The first kappa shape index (κ1) is 23.6. The number of alkyl halides is 3.